The Morgan fingerprint density at radius 2 is 2.03 bits per heavy atom. The summed E-state index contributed by atoms with van der Waals surface area (Å²) in [4.78, 5) is 42.5. The van der Waals surface area contributed by atoms with Crippen molar-refractivity contribution in [2.75, 3.05) is 20.0 Å². The summed E-state index contributed by atoms with van der Waals surface area (Å²) in [6.07, 6.45) is 1.68. The number of allylic oxidation sites excluding steroid dienone is 1. The quantitative estimate of drug-likeness (QED) is 0.467. The molecule has 5 rings (SSSR count). The molecule has 0 saturated carbocycles. The number of esters is 1. The van der Waals surface area contributed by atoms with Crippen molar-refractivity contribution in [2.24, 2.45) is 4.99 Å². The van der Waals surface area contributed by atoms with E-state index in [2.05, 4.69) is 4.99 Å². The van der Waals surface area contributed by atoms with E-state index in [1.165, 1.54) is 15.9 Å². The van der Waals surface area contributed by atoms with Gasteiger partial charge in [-0.1, -0.05) is 29.5 Å². The van der Waals surface area contributed by atoms with Crippen LogP contribution in [0.1, 0.15) is 31.0 Å². The van der Waals surface area contributed by atoms with E-state index in [0.29, 0.717) is 43.4 Å². The molecule has 0 saturated heterocycles. The third kappa shape index (κ3) is 4.73. The maximum atomic E-state index is 13.7. The van der Waals surface area contributed by atoms with Crippen LogP contribution in [-0.2, 0) is 14.3 Å². The number of ether oxygens (including phenoxy) is 4. The van der Waals surface area contributed by atoms with E-state index in [-0.39, 0.29) is 24.5 Å². The van der Waals surface area contributed by atoms with Crippen molar-refractivity contribution in [1.82, 2.24) is 4.57 Å². The fourth-order valence-electron chi connectivity index (χ4n) is 4.18. The van der Waals surface area contributed by atoms with Gasteiger partial charge in [0.2, 0.25) is 6.79 Å². The predicted molar refractivity (Wildman–Crippen MR) is 133 cm³/mol. The highest BCUT2D eigenvalue weighted by atomic mass is 32.1. The molecule has 2 aliphatic rings. The van der Waals surface area contributed by atoms with Gasteiger partial charge in [0.05, 0.1) is 28.5 Å². The number of carboxylic acids is 1. The number of nitrogens with zero attached hydrogens (tertiary/aromatic N) is 2. The van der Waals surface area contributed by atoms with E-state index >= 15 is 0 Å². The van der Waals surface area contributed by atoms with E-state index in [0.717, 1.165) is 0 Å². The van der Waals surface area contributed by atoms with Crippen molar-refractivity contribution in [3.8, 4) is 17.2 Å². The largest absolute Gasteiger partial charge is 0.482 e. The molecule has 10 nitrogen and oxygen atoms in total. The zero-order valence-corrected chi connectivity index (χ0v) is 20.7. The number of aromatic nitrogens is 1. The van der Waals surface area contributed by atoms with Crippen LogP contribution in [0.3, 0.4) is 0 Å². The lowest BCUT2D eigenvalue weighted by Gasteiger charge is -2.24. The first-order valence-electron chi connectivity index (χ1n) is 11.4. The Balaban J connectivity index is 1.64. The number of hydrogen-bond donors (Lipinski definition) is 1. The van der Waals surface area contributed by atoms with Gasteiger partial charge in [-0.05, 0) is 55.3 Å². The van der Waals surface area contributed by atoms with Crippen LogP contribution in [0.15, 0.2) is 63.5 Å². The van der Waals surface area contributed by atoms with Crippen LogP contribution in [0, 0.1) is 0 Å². The number of thiazole rings is 1. The molecule has 0 radical (unpaired) electrons. The van der Waals surface area contributed by atoms with Crippen molar-refractivity contribution < 1.29 is 33.6 Å². The molecular weight excluding hydrogens is 500 g/mol. The van der Waals surface area contributed by atoms with E-state index in [9.17, 15) is 14.4 Å². The van der Waals surface area contributed by atoms with Gasteiger partial charge >= 0.3 is 11.9 Å². The summed E-state index contributed by atoms with van der Waals surface area (Å²) in [5.41, 5.74) is 1.69. The van der Waals surface area contributed by atoms with Gasteiger partial charge in [0.15, 0.2) is 22.9 Å². The zero-order chi connectivity index (χ0) is 26.1. The highest BCUT2D eigenvalue weighted by Gasteiger charge is 2.34. The molecule has 2 aliphatic heterocycles. The van der Waals surface area contributed by atoms with E-state index < -0.39 is 24.6 Å². The first kappa shape index (κ1) is 24.3. The Bertz CT molecular complexity index is 1620. The molecule has 0 fully saturated rings. The summed E-state index contributed by atoms with van der Waals surface area (Å²) in [6, 6.07) is 11.3. The molecule has 0 unspecified atom stereocenters. The standard InChI is InChI=1S/C26H22N2O8S/c1-3-33-25(32)22-14(2)27-26-28(23(22)16-7-8-18-19(11-16)36-13-35-18)24(31)20(37-26)10-15-5-4-6-17(9-15)34-12-21(29)30/h4-11,23H,3,12-13H2,1-2H3,(H,29,30)/b20-10-/t23-/m1/s1. The molecule has 3 aromatic rings. The molecule has 1 N–H and O–H groups in total. The van der Waals surface area contributed by atoms with E-state index in [1.54, 1.807) is 62.4 Å². The second kappa shape index (κ2) is 9.94. The molecular formula is C26H22N2O8S. The SMILES string of the molecule is CCOC(=O)C1=C(C)N=c2s/c(=C\c3cccc(OCC(=O)O)c3)c(=O)n2[C@@H]1c1ccc2c(c1)OCO2. The maximum absolute atomic E-state index is 13.7. The Hall–Kier alpha value is -4.38. The molecule has 2 aromatic carbocycles. The smallest absolute Gasteiger partial charge is 0.341 e. The van der Waals surface area contributed by atoms with Gasteiger partial charge < -0.3 is 24.1 Å². The van der Waals surface area contributed by atoms with Crippen molar-refractivity contribution in [2.45, 2.75) is 19.9 Å². The topological polar surface area (TPSA) is 126 Å². The number of carboxylic acid groups (broad SMARTS) is 1. The number of carbonyl (C=O) groups excluding carboxylic acids is 1. The minimum absolute atomic E-state index is 0.0936. The average molecular weight is 523 g/mol. The average Bonchev–Trinajstić information content (AvgIpc) is 3.46. The number of hydrogen-bond acceptors (Lipinski definition) is 9. The van der Waals surface area contributed by atoms with Crippen molar-refractivity contribution >= 4 is 29.4 Å². The van der Waals surface area contributed by atoms with Crippen molar-refractivity contribution in [3.63, 3.8) is 0 Å². The van der Waals surface area contributed by atoms with Crippen molar-refractivity contribution in [3.05, 3.63) is 84.5 Å². The Morgan fingerprint density at radius 3 is 2.81 bits per heavy atom. The van der Waals surface area contributed by atoms with Gasteiger partial charge in [-0.15, -0.1) is 0 Å². The molecule has 11 heteroatoms. The van der Waals surface area contributed by atoms with Gasteiger partial charge in [-0.25, -0.2) is 14.6 Å². The molecule has 3 heterocycles. The van der Waals surface area contributed by atoms with Gasteiger partial charge in [0.25, 0.3) is 5.56 Å². The molecule has 1 aromatic heterocycles. The third-order valence-corrected chi connectivity index (χ3v) is 6.73. The second-order valence-corrected chi connectivity index (χ2v) is 9.18. The van der Waals surface area contributed by atoms with Crippen LogP contribution in [0.5, 0.6) is 17.2 Å². The van der Waals surface area contributed by atoms with Crippen LogP contribution in [0.4, 0.5) is 0 Å². The fourth-order valence-corrected chi connectivity index (χ4v) is 5.23. The summed E-state index contributed by atoms with van der Waals surface area (Å²) >= 11 is 1.19. The lowest BCUT2D eigenvalue weighted by Crippen LogP contribution is -2.39. The Labute approximate surface area is 214 Å². The van der Waals surface area contributed by atoms with Gasteiger partial charge in [-0.3, -0.25) is 9.36 Å². The number of carbonyl (C=O) groups is 2. The molecule has 37 heavy (non-hydrogen) atoms. The van der Waals surface area contributed by atoms with Crippen LogP contribution in [0.2, 0.25) is 0 Å². The summed E-state index contributed by atoms with van der Waals surface area (Å²) < 4.78 is 23.4. The lowest BCUT2D eigenvalue weighted by molar-refractivity contribution is -0.140. The lowest BCUT2D eigenvalue weighted by atomic mass is 9.95. The Kier molecular flexibility index (Phi) is 6.53. The first-order valence-corrected chi connectivity index (χ1v) is 12.2. The minimum Gasteiger partial charge on any atom is -0.482 e. The van der Waals surface area contributed by atoms with Crippen LogP contribution in [0.25, 0.3) is 6.08 Å². The van der Waals surface area contributed by atoms with Crippen molar-refractivity contribution in [1.29, 1.82) is 0 Å². The summed E-state index contributed by atoms with van der Waals surface area (Å²) in [5, 5.41) is 8.86. The summed E-state index contributed by atoms with van der Waals surface area (Å²) in [6.45, 7) is 3.22. The molecule has 0 bridgehead atoms. The molecule has 0 aliphatic carbocycles. The highest BCUT2D eigenvalue weighted by molar-refractivity contribution is 7.07. The second-order valence-electron chi connectivity index (χ2n) is 8.17. The number of aliphatic carboxylic acids is 1. The van der Waals surface area contributed by atoms with Gasteiger partial charge in [-0.2, -0.15) is 0 Å². The molecule has 1 atom stereocenters. The number of benzene rings is 2. The number of fused-ring (bicyclic) bond motifs is 2. The molecule has 190 valence electrons. The van der Waals surface area contributed by atoms with E-state index in [1.807, 2.05) is 0 Å². The van der Waals surface area contributed by atoms with E-state index in [4.69, 9.17) is 24.1 Å². The van der Waals surface area contributed by atoms with Crippen LogP contribution >= 0.6 is 11.3 Å². The molecule has 0 amide bonds. The van der Waals surface area contributed by atoms with Gasteiger partial charge in [0, 0.05) is 0 Å². The third-order valence-electron chi connectivity index (χ3n) is 5.75. The zero-order valence-electron chi connectivity index (χ0n) is 19.9. The summed E-state index contributed by atoms with van der Waals surface area (Å²) in [5.74, 6) is -0.170. The predicted octanol–water partition coefficient (Wildman–Crippen LogP) is 1.99. The summed E-state index contributed by atoms with van der Waals surface area (Å²) in [7, 11) is 0. The monoisotopic (exact) mass is 522 g/mol. The normalized spacial score (nSPS) is 16.3. The maximum Gasteiger partial charge on any atom is 0.341 e. The molecule has 0 spiro atoms. The first-order chi connectivity index (χ1) is 17.9. The van der Waals surface area contributed by atoms with Crippen LogP contribution in [-0.4, -0.2) is 41.6 Å². The highest BCUT2D eigenvalue weighted by Crippen LogP contribution is 2.38. The van der Waals surface area contributed by atoms with Crippen LogP contribution < -0.4 is 29.1 Å². The number of rotatable bonds is 7. The fraction of sp³-hybridized carbons (Fsp3) is 0.231. The Morgan fingerprint density at radius 1 is 1.22 bits per heavy atom. The van der Waals surface area contributed by atoms with Gasteiger partial charge in [0.1, 0.15) is 5.75 Å². The minimum atomic E-state index is -1.09.